The zero-order chi connectivity index (χ0) is 26.7. The lowest BCUT2D eigenvalue weighted by Crippen LogP contribution is -2.57. The molecule has 4 nitrogen and oxygen atoms in total. The highest BCUT2D eigenvalue weighted by molar-refractivity contribution is 9.08. The van der Waals surface area contributed by atoms with Gasteiger partial charge in [-0.3, -0.25) is 5.43 Å². The molecule has 5 aromatic rings. The van der Waals surface area contributed by atoms with Gasteiger partial charge >= 0.3 is 0 Å². The van der Waals surface area contributed by atoms with Crippen LogP contribution >= 0.6 is 15.9 Å². The molecule has 0 amide bonds. The molecule has 0 atom stereocenters. The molecule has 2 N–H and O–H groups in total. The second-order valence-electron chi connectivity index (χ2n) is 9.30. The van der Waals surface area contributed by atoms with Crippen molar-refractivity contribution in [1.82, 2.24) is 16.1 Å². The Morgan fingerprint density at radius 1 is 0.667 bits per heavy atom. The second-order valence-corrected chi connectivity index (χ2v) is 9.86. The molecule has 0 aliphatic carbocycles. The number of nitrogens with zero attached hydrogens (tertiary/aromatic N) is 2. The first-order valence-corrected chi connectivity index (χ1v) is 13.8. The fraction of sp³-hybridized carbons (Fsp3) is 0.0606. The first-order valence-electron chi connectivity index (χ1n) is 12.7. The van der Waals surface area contributed by atoms with Crippen LogP contribution in [0.3, 0.4) is 0 Å². The summed E-state index contributed by atoms with van der Waals surface area (Å²) in [5, 5.41) is 7.17. The predicted octanol–water partition coefficient (Wildman–Crippen LogP) is 7.37. The zero-order valence-electron chi connectivity index (χ0n) is 21.1. The number of hydrazine groups is 2. The van der Waals surface area contributed by atoms with Gasteiger partial charge in [-0.2, -0.15) is 0 Å². The number of benzene rings is 5. The SMILES string of the molecule is Fc1cc(-c2ccccc2C2=NNN(C(c3ccccc3)(c3ccccc3)c3ccccc3)N2)ccc1CBr. The Balaban J connectivity index is 1.46. The van der Waals surface area contributed by atoms with Gasteiger partial charge in [0.2, 0.25) is 0 Å². The topological polar surface area (TPSA) is 39.7 Å². The third kappa shape index (κ3) is 4.52. The molecule has 39 heavy (non-hydrogen) atoms. The minimum Gasteiger partial charge on any atom is -0.281 e. The lowest BCUT2D eigenvalue weighted by Gasteiger charge is -2.42. The quantitative estimate of drug-likeness (QED) is 0.157. The maximum atomic E-state index is 14.7. The van der Waals surface area contributed by atoms with Crippen LogP contribution in [0.15, 0.2) is 139 Å². The van der Waals surface area contributed by atoms with E-state index in [-0.39, 0.29) is 5.82 Å². The number of hydrazone groups is 1. The van der Waals surface area contributed by atoms with Crippen molar-refractivity contribution in [2.45, 2.75) is 10.9 Å². The normalized spacial score (nSPS) is 13.4. The van der Waals surface area contributed by atoms with E-state index in [1.165, 1.54) is 0 Å². The summed E-state index contributed by atoms with van der Waals surface area (Å²) in [5.74, 6) is 0.402. The molecule has 5 aromatic carbocycles. The van der Waals surface area contributed by atoms with Crippen LogP contribution in [0.5, 0.6) is 0 Å². The predicted molar refractivity (Wildman–Crippen MR) is 158 cm³/mol. The summed E-state index contributed by atoms with van der Waals surface area (Å²) in [6, 6.07) is 44.4. The monoisotopic (exact) mass is 576 g/mol. The van der Waals surface area contributed by atoms with Crippen molar-refractivity contribution in [3.63, 3.8) is 0 Å². The van der Waals surface area contributed by atoms with E-state index in [4.69, 9.17) is 5.10 Å². The van der Waals surface area contributed by atoms with Gasteiger partial charge < -0.3 is 0 Å². The standard InChI is InChI=1S/C33H26BrFN4/c34-23-25-21-20-24(22-31(25)35)29-18-10-11-19-30(29)32-36-38-39(37-32)33(26-12-4-1-5-13-26,27-14-6-2-7-15-27)28-16-8-3-9-17-28/h1-22,38H,23H2,(H,36,37). The Morgan fingerprint density at radius 2 is 1.18 bits per heavy atom. The van der Waals surface area contributed by atoms with Crippen molar-refractivity contribution in [3.8, 4) is 11.1 Å². The van der Waals surface area contributed by atoms with Crippen LogP contribution in [-0.4, -0.2) is 11.0 Å². The molecule has 0 unspecified atom stereocenters. The number of rotatable bonds is 7. The zero-order valence-corrected chi connectivity index (χ0v) is 22.6. The molecule has 1 heterocycles. The molecule has 0 saturated heterocycles. The Bertz CT molecular complexity index is 1510. The van der Waals surface area contributed by atoms with E-state index < -0.39 is 5.54 Å². The third-order valence-corrected chi connectivity index (χ3v) is 7.68. The van der Waals surface area contributed by atoms with Crippen molar-refractivity contribution in [2.24, 2.45) is 5.10 Å². The lowest BCUT2D eigenvalue weighted by atomic mass is 9.77. The fourth-order valence-corrected chi connectivity index (χ4v) is 5.68. The van der Waals surface area contributed by atoms with E-state index in [1.54, 1.807) is 6.07 Å². The maximum Gasteiger partial charge on any atom is 0.171 e. The maximum absolute atomic E-state index is 14.7. The minimum absolute atomic E-state index is 0.239. The van der Waals surface area contributed by atoms with Gasteiger partial charge in [-0.15, -0.1) is 5.10 Å². The molecule has 192 valence electrons. The van der Waals surface area contributed by atoms with Crippen LogP contribution in [0, 0.1) is 5.82 Å². The highest BCUT2D eigenvalue weighted by atomic mass is 79.9. The molecule has 6 rings (SSSR count). The summed E-state index contributed by atoms with van der Waals surface area (Å²) in [7, 11) is 0. The van der Waals surface area contributed by atoms with Crippen molar-refractivity contribution in [1.29, 1.82) is 0 Å². The van der Waals surface area contributed by atoms with E-state index in [0.29, 0.717) is 16.7 Å². The third-order valence-electron chi connectivity index (χ3n) is 7.08. The summed E-state index contributed by atoms with van der Waals surface area (Å²) < 4.78 is 14.7. The van der Waals surface area contributed by atoms with Crippen molar-refractivity contribution in [2.75, 3.05) is 0 Å². The highest BCUT2D eigenvalue weighted by Gasteiger charge is 2.45. The summed E-state index contributed by atoms with van der Waals surface area (Å²) in [4.78, 5) is 0. The Morgan fingerprint density at radius 3 is 1.69 bits per heavy atom. The number of halogens is 2. The van der Waals surface area contributed by atoms with Crippen LogP contribution in [0.4, 0.5) is 4.39 Å². The van der Waals surface area contributed by atoms with Gasteiger partial charge in [0.25, 0.3) is 0 Å². The molecule has 0 bridgehead atoms. The van der Waals surface area contributed by atoms with Gasteiger partial charge in [-0.05, 0) is 39.4 Å². The van der Waals surface area contributed by atoms with Crippen LogP contribution in [0.1, 0.15) is 27.8 Å². The van der Waals surface area contributed by atoms with E-state index in [1.807, 2.05) is 96.1 Å². The van der Waals surface area contributed by atoms with E-state index in [2.05, 4.69) is 63.3 Å². The van der Waals surface area contributed by atoms with Gasteiger partial charge in [0.15, 0.2) is 5.84 Å². The molecule has 0 fully saturated rings. The molecule has 1 aliphatic heterocycles. The molecule has 1 aliphatic rings. The van der Waals surface area contributed by atoms with Gasteiger partial charge in [-0.25, -0.2) is 9.93 Å². The minimum atomic E-state index is -0.756. The number of hydrogen-bond donors (Lipinski definition) is 2. The van der Waals surface area contributed by atoms with Crippen LogP contribution in [-0.2, 0) is 10.9 Å². The average molecular weight is 578 g/mol. The van der Waals surface area contributed by atoms with Gasteiger partial charge in [0.1, 0.15) is 11.4 Å². The molecule has 6 heteroatoms. The largest absolute Gasteiger partial charge is 0.281 e. The average Bonchev–Trinajstić information content (AvgIpc) is 3.50. The molecular weight excluding hydrogens is 551 g/mol. The number of amidine groups is 1. The highest BCUT2D eigenvalue weighted by Crippen LogP contribution is 2.41. The Hall–Kier alpha value is -4.26. The Kier molecular flexibility index (Phi) is 6.97. The van der Waals surface area contributed by atoms with Crippen molar-refractivity contribution < 1.29 is 4.39 Å². The van der Waals surface area contributed by atoms with Gasteiger partial charge in [-0.1, -0.05) is 148 Å². The smallest absolute Gasteiger partial charge is 0.171 e. The fourth-order valence-electron chi connectivity index (χ4n) is 5.23. The van der Waals surface area contributed by atoms with Crippen LogP contribution in [0.25, 0.3) is 11.1 Å². The van der Waals surface area contributed by atoms with Gasteiger partial charge in [0.05, 0.1) is 0 Å². The van der Waals surface area contributed by atoms with E-state index in [0.717, 1.165) is 33.4 Å². The summed E-state index contributed by atoms with van der Waals surface area (Å²) in [6.07, 6.45) is 0. The van der Waals surface area contributed by atoms with E-state index in [9.17, 15) is 4.39 Å². The van der Waals surface area contributed by atoms with E-state index >= 15 is 0 Å². The Labute approximate surface area is 235 Å². The molecular formula is C33H26BrFN4. The molecule has 0 aromatic heterocycles. The van der Waals surface area contributed by atoms with Crippen LogP contribution in [0.2, 0.25) is 0 Å². The lowest BCUT2D eigenvalue weighted by molar-refractivity contribution is 0.0761. The molecule has 0 saturated carbocycles. The number of alkyl halides is 1. The molecule has 0 spiro atoms. The van der Waals surface area contributed by atoms with Gasteiger partial charge in [0, 0.05) is 10.9 Å². The van der Waals surface area contributed by atoms with Crippen molar-refractivity contribution >= 4 is 21.8 Å². The second kappa shape index (κ2) is 10.8. The number of nitrogens with one attached hydrogen (secondary N) is 2. The first-order chi connectivity index (χ1) is 19.2. The van der Waals surface area contributed by atoms with Crippen molar-refractivity contribution in [3.05, 3.63) is 167 Å². The number of hydrogen-bond acceptors (Lipinski definition) is 4. The summed E-state index contributed by atoms with van der Waals surface area (Å²) in [5.41, 5.74) is 12.5. The summed E-state index contributed by atoms with van der Waals surface area (Å²) in [6.45, 7) is 0. The first kappa shape index (κ1) is 25.0. The molecule has 0 radical (unpaired) electrons. The van der Waals surface area contributed by atoms with Crippen LogP contribution < -0.4 is 11.0 Å². The summed E-state index contributed by atoms with van der Waals surface area (Å²) >= 11 is 3.36.